The van der Waals surface area contributed by atoms with Crippen LogP contribution in [0.4, 0.5) is 0 Å². The smallest absolute Gasteiger partial charge is 0.128 e. The van der Waals surface area contributed by atoms with E-state index in [-0.39, 0.29) is 5.38 Å². The molecule has 0 amide bonds. The van der Waals surface area contributed by atoms with E-state index in [9.17, 15) is 5.26 Å². The molecule has 0 aliphatic carbocycles. The summed E-state index contributed by atoms with van der Waals surface area (Å²) >= 11 is 6.24. The lowest BCUT2D eigenvalue weighted by Crippen LogP contribution is -2.07. The van der Waals surface area contributed by atoms with Gasteiger partial charge in [-0.2, -0.15) is 5.26 Å². The molecule has 0 saturated carbocycles. The molecule has 3 aromatic rings. The standard InChI is InChI=1S/C15H12ClN5/c1-10(16)15-20-14-11(7-17)3-2-4-13(14)21(15)8-12-5-6-18-9-19-12/h2-6,9-10H,8H2,1H3. The molecule has 1 unspecified atom stereocenters. The lowest BCUT2D eigenvalue weighted by molar-refractivity contribution is 0.725. The second-order valence-corrected chi connectivity index (χ2v) is 5.31. The van der Waals surface area contributed by atoms with E-state index < -0.39 is 0 Å². The van der Waals surface area contributed by atoms with Crippen molar-refractivity contribution in [1.29, 1.82) is 5.26 Å². The molecule has 0 aliphatic rings. The van der Waals surface area contributed by atoms with Crippen LogP contribution in [0.5, 0.6) is 0 Å². The third-order valence-electron chi connectivity index (χ3n) is 3.25. The molecule has 6 heteroatoms. The van der Waals surface area contributed by atoms with Crippen LogP contribution in [0.15, 0.2) is 36.8 Å². The van der Waals surface area contributed by atoms with Gasteiger partial charge in [0.1, 0.15) is 23.7 Å². The average molecular weight is 298 g/mol. The summed E-state index contributed by atoms with van der Waals surface area (Å²) in [5.74, 6) is 0.730. The third-order valence-corrected chi connectivity index (χ3v) is 3.44. The Hall–Kier alpha value is -2.45. The van der Waals surface area contributed by atoms with Crippen molar-refractivity contribution in [1.82, 2.24) is 19.5 Å². The van der Waals surface area contributed by atoms with Gasteiger partial charge in [-0.1, -0.05) is 6.07 Å². The first-order valence-corrected chi connectivity index (χ1v) is 6.92. The van der Waals surface area contributed by atoms with Gasteiger partial charge in [0, 0.05) is 6.20 Å². The zero-order valence-corrected chi connectivity index (χ0v) is 12.1. The fraction of sp³-hybridized carbons (Fsp3) is 0.200. The Morgan fingerprint density at radius 2 is 2.24 bits per heavy atom. The number of alkyl halides is 1. The van der Waals surface area contributed by atoms with Crippen LogP contribution in [0, 0.1) is 11.3 Å². The van der Waals surface area contributed by atoms with Gasteiger partial charge in [-0.05, 0) is 25.1 Å². The van der Waals surface area contributed by atoms with Gasteiger partial charge < -0.3 is 4.57 Å². The van der Waals surface area contributed by atoms with Crippen LogP contribution < -0.4 is 0 Å². The van der Waals surface area contributed by atoms with E-state index in [0.717, 1.165) is 17.0 Å². The average Bonchev–Trinajstić information content (AvgIpc) is 2.87. The Kier molecular flexibility index (Phi) is 3.55. The van der Waals surface area contributed by atoms with Gasteiger partial charge >= 0.3 is 0 Å². The number of nitrogens with zero attached hydrogens (tertiary/aromatic N) is 5. The molecule has 2 aromatic heterocycles. The Labute approximate surface area is 126 Å². The molecule has 0 bridgehead atoms. The first kappa shape index (κ1) is 13.5. The van der Waals surface area contributed by atoms with E-state index in [1.165, 1.54) is 6.33 Å². The lowest BCUT2D eigenvalue weighted by atomic mass is 10.2. The molecule has 0 aliphatic heterocycles. The summed E-state index contributed by atoms with van der Waals surface area (Å²) in [7, 11) is 0. The zero-order valence-electron chi connectivity index (χ0n) is 11.4. The van der Waals surface area contributed by atoms with Crippen LogP contribution in [0.2, 0.25) is 0 Å². The highest BCUT2D eigenvalue weighted by molar-refractivity contribution is 6.20. The molecule has 0 N–H and O–H groups in total. The van der Waals surface area contributed by atoms with Crippen LogP contribution in [0.25, 0.3) is 11.0 Å². The van der Waals surface area contributed by atoms with Crippen LogP contribution in [0.1, 0.15) is 29.4 Å². The maximum atomic E-state index is 9.21. The van der Waals surface area contributed by atoms with E-state index in [4.69, 9.17) is 11.6 Å². The minimum Gasteiger partial charge on any atom is -0.321 e. The number of para-hydroxylation sites is 1. The second-order valence-electron chi connectivity index (χ2n) is 4.66. The first-order chi connectivity index (χ1) is 10.2. The normalized spacial score (nSPS) is 12.2. The number of aromatic nitrogens is 4. The largest absolute Gasteiger partial charge is 0.321 e. The molecule has 104 valence electrons. The van der Waals surface area contributed by atoms with Crippen molar-refractivity contribution in [2.45, 2.75) is 18.8 Å². The maximum Gasteiger partial charge on any atom is 0.128 e. The highest BCUT2D eigenvalue weighted by Gasteiger charge is 2.17. The number of fused-ring (bicyclic) bond motifs is 1. The summed E-state index contributed by atoms with van der Waals surface area (Å²) < 4.78 is 2.00. The summed E-state index contributed by atoms with van der Waals surface area (Å²) in [6.45, 7) is 2.41. The number of hydrogen-bond acceptors (Lipinski definition) is 4. The molecular formula is C15H12ClN5. The van der Waals surface area contributed by atoms with Gasteiger partial charge in [0.15, 0.2) is 0 Å². The van der Waals surface area contributed by atoms with Crippen molar-refractivity contribution < 1.29 is 0 Å². The van der Waals surface area contributed by atoms with Crippen molar-refractivity contribution in [2.75, 3.05) is 0 Å². The van der Waals surface area contributed by atoms with E-state index >= 15 is 0 Å². The Bertz CT molecular complexity index is 817. The van der Waals surface area contributed by atoms with Crippen molar-refractivity contribution in [3.63, 3.8) is 0 Å². The molecule has 3 rings (SSSR count). The molecule has 21 heavy (non-hydrogen) atoms. The summed E-state index contributed by atoms with van der Waals surface area (Å²) in [6, 6.07) is 9.56. The zero-order chi connectivity index (χ0) is 14.8. The minimum absolute atomic E-state index is 0.259. The van der Waals surface area contributed by atoms with Gasteiger partial charge in [-0.15, -0.1) is 11.6 Å². The maximum absolute atomic E-state index is 9.21. The quantitative estimate of drug-likeness (QED) is 0.697. The molecule has 0 saturated heterocycles. The Morgan fingerprint density at radius 1 is 1.38 bits per heavy atom. The monoisotopic (exact) mass is 297 g/mol. The van der Waals surface area contributed by atoms with E-state index in [0.29, 0.717) is 17.6 Å². The van der Waals surface area contributed by atoms with Crippen molar-refractivity contribution in [2.24, 2.45) is 0 Å². The van der Waals surface area contributed by atoms with Gasteiger partial charge in [-0.3, -0.25) is 0 Å². The van der Waals surface area contributed by atoms with Gasteiger partial charge in [0.2, 0.25) is 0 Å². The molecule has 0 spiro atoms. The predicted octanol–water partition coefficient (Wildman–Crippen LogP) is 3.05. The molecule has 1 aromatic carbocycles. The third kappa shape index (κ3) is 2.46. The Morgan fingerprint density at radius 3 is 2.90 bits per heavy atom. The van der Waals surface area contributed by atoms with Crippen LogP contribution >= 0.6 is 11.6 Å². The van der Waals surface area contributed by atoms with Gasteiger partial charge in [0.05, 0.1) is 28.7 Å². The molecule has 1 atom stereocenters. The van der Waals surface area contributed by atoms with E-state index in [2.05, 4.69) is 21.0 Å². The number of benzene rings is 1. The Balaban J connectivity index is 2.20. The molecular weight excluding hydrogens is 286 g/mol. The van der Waals surface area contributed by atoms with Crippen LogP contribution in [-0.4, -0.2) is 19.5 Å². The topological polar surface area (TPSA) is 67.4 Å². The van der Waals surface area contributed by atoms with Crippen molar-refractivity contribution >= 4 is 22.6 Å². The number of halogens is 1. The lowest BCUT2D eigenvalue weighted by Gasteiger charge is -2.09. The SMILES string of the molecule is CC(Cl)c1nc2c(C#N)cccc2n1Cc1ccncn1. The predicted molar refractivity (Wildman–Crippen MR) is 79.9 cm³/mol. The number of hydrogen-bond donors (Lipinski definition) is 0. The molecule has 5 nitrogen and oxygen atoms in total. The fourth-order valence-electron chi connectivity index (χ4n) is 2.30. The molecule has 0 fully saturated rings. The van der Waals surface area contributed by atoms with Crippen molar-refractivity contribution in [3.05, 3.63) is 53.9 Å². The number of rotatable bonds is 3. The van der Waals surface area contributed by atoms with Crippen molar-refractivity contribution in [3.8, 4) is 6.07 Å². The highest BCUT2D eigenvalue weighted by Crippen LogP contribution is 2.27. The van der Waals surface area contributed by atoms with Gasteiger partial charge in [0.25, 0.3) is 0 Å². The highest BCUT2D eigenvalue weighted by atomic mass is 35.5. The summed E-state index contributed by atoms with van der Waals surface area (Å²) in [4.78, 5) is 12.7. The number of nitriles is 1. The minimum atomic E-state index is -0.259. The van der Waals surface area contributed by atoms with Gasteiger partial charge in [-0.25, -0.2) is 15.0 Å². The van der Waals surface area contributed by atoms with E-state index in [1.54, 1.807) is 12.3 Å². The molecule has 2 heterocycles. The molecule has 0 radical (unpaired) electrons. The summed E-state index contributed by atoms with van der Waals surface area (Å²) in [5.41, 5.74) is 2.98. The van der Waals surface area contributed by atoms with Crippen LogP contribution in [-0.2, 0) is 6.54 Å². The summed E-state index contributed by atoms with van der Waals surface area (Å²) in [5, 5.41) is 8.95. The van der Waals surface area contributed by atoms with Crippen LogP contribution in [0.3, 0.4) is 0 Å². The number of imidazole rings is 1. The first-order valence-electron chi connectivity index (χ1n) is 6.49. The van der Waals surface area contributed by atoms with E-state index in [1.807, 2.05) is 29.7 Å². The fourth-order valence-corrected chi connectivity index (χ4v) is 2.47. The summed E-state index contributed by atoms with van der Waals surface area (Å²) in [6.07, 6.45) is 3.21. The second kappa shape index (κ2) is 5.51.